The molecule has 124 valence electrons. The van der Waals surface area contributed by atoms with E-state index in [0.29, 0.717) is 35.0 Å². The average Bonchev–Trinajstić information content (AvgIpc) is 3.15. The second kappa shape index (κ2) is 7.53. The Morgan fingerprint density at radius 3 is 3.08 bits per heavy atom. The van der Waals surface area contributed by atoms with Crippen molar-refractivity contribution in [3.8, 4) is 6.07 Å². The molecule has 8 heteroatoms. The van der Waals surface area contributed by atoms with Crippen LogP contribution < -0.4 is 11.1 Å². The van der Waals surface area contributed by atoms with Gasteiger partial charge in [0.25, 0.3) is 0 Å². The first kappa shape index (κ1) is 17.2. The van der Waals surface area contributed by atoms with E-state index in [-0.39, 0.29) is 12.5 Å². The SMILES string of the molecule is N#CC[C@H](N)Cc1oc2c(NCc3cccs3)cc(Cl)nc2c1Br. The molecule has 24 heavy (non-hydrogen) atoms. The van der Waals surface area contributed by atoms with Crippen molar-refractivity contribution >= 4 is 55.7 Å². The van der Waals surface area contributed by atoms with Crippen molar-refractivity contribution in [1.29, 1.82) is 5.26 Å². The molecule has 0 saturated heterocycles. The topological polar surface area (TPSA) is 87.9 Å². The number of hydrogen-bond acceptors (Lipinski definition) is 6. The van der Waals surface area contributed by atoms with Crippen LogP contribution in [0.2, 0.25) is 5.15 Å². The highest BCUT2D eigenvalue weighted by atomic mass is 79.9. The van der Waals surface area contributed by atoms with Crippen molar-refractivity contribution in [3.63, 3.8) is 0 Å². The van der Waals surface area contributed by atoms with Crippen LogP contribution in [0.1, 0.15) is 17.1 Å². The fourth-order valence-corrected chi connectivity index (χ4v) is 3.69. The quantitative estimate of drug-likeness (QED) is 0.559. The summed E-state index contributed by atoms with van der Waals surface area (Å²) in [7, 11) is 0. The summed E-state index contributed by atoms with van der Waals surface area (Å²) in [4.78, 5) is 5.54. The minimum atomic E-state index is -0.287. The number of pyridine rings is 1. The second-order valence-electron chi connectivity index (χ2n) is 5.27. The number of hydrogen-bond donors (Lipinski definition) is 2. The van der Waals surface area contributed by atoms with E-state index in [4.69, 9.17) is 27.0 Å². The highest BCUT2D eigenvalue weighted by Crippen LogP contribution is 2.36. The molecule has 0 aliphatic carbocycles. The van der Waals surface area contributed by atoms with E-state index in [9.17, 15) is 0 Å². The van der Waals surface area contributed by atoms with Gasteiger partial charge >= 0.3 is 0 Å². The molecular weight excluding hydrogens is 412 g/mol. The lowest BCUT2D eigenvalue weighted by atomic mass is 10.1. The summed E-state index contributed by atoms with van der Waals surface area (Å²) in [5.74, 6) is 0.668. The molecule has 3 aromatic heterocycles. The Hall–Kier alpha value is -1.59. The summed E-state index contributed by atoms with van der Waals surface area (Å²) < 4.78 is 6.68. The predicted octanol–water partition coefficient (Wildman–Crippen LogP) is 4.70. The molecule has 0 aliphatic rings. The van der Waals surface area contributed by atoms with Crippen LogP contribution in [-0.2, 0) is 13.0 Å². The summed E-state index contributed by atoms with van der Waals surface area (Å²) in [6.07, 6.45) is 0.716. The van der Waals surface area contributed by atoms with E-state index in [2.05, 4.69) is 38.4 Å². The van der Waals surface area contributed by atoms with E-state index >= 15 is 0 Å². The molecule has 5 nitrogen and oxygen atoms in total. The normalized spacial score (nSPS) is 12.2. The Bertz CT molecular complexity index is 888. The van der Waals surface area contributed by atoms with Gasteiger partial charge < -0.3 is 15.5 Å². The number of nitrogens with zero attached hydrogens (tertiary/aromatic N) is 2. The minimum absolute atomic E-state index is 0.265. The van der Waals surface area contributed by atoms with Gasteiger partial charge in [0.2, 0.25) is 0 Å². The van der Waals surface area contributed by atoms with Crippen molar-refractivity contribution in [2.45, 2.75) is 25.4 Å². The third kappa shape index (κ3) is 3.73. The molecule has 3 N–H and O–H groups in total. The van der Waals surface area contributed by atoms with Gasteiger partial charge in [0.05, 0.1) is 22.7 Å². The van der Waals surface area contributed by atoms with Gasteiger partial charge in [-0.3, -0.25) is 0 Å². The Morgan fingerprint density at radius 1 is 1.54 bits per heavy atom. The van der Waals surface area contributed by atoms with E-state index in [1.807, 2.05) is 11.4 Å². The largest absolute Gasteiger partial charge is 0.456 e. The lowest BCUT2D eigenvalue weighted by Gasteiger charge is -2.06. The van der Waals surface area contributed by atoms with Crippen molar-refractivity contribution in [2.24, 2.45) is 5.73 Å². The average molecular weight is 426 g/mol. The second-order valence-corrected chi connectivity index (χ2v) is 7.48. The first-order chi connectivity index (χ1) is 11.6. The number of furan rings is 1. The molecule has 0 fully saturated rings. The number of fused-ring (bicyclic) bond motifs is 1. The number of anilines is 1. The van der Waals surface area contributed by atoms with Crippen LogP contribution >= 0.6 is 38.9 Å². The summed E-state index contributed by atoms with van der Waals surface area (Å²) in [6.45, 7) is 0.675. The van der Waals surface area contributed by atoms with E-state index < -0.39 is 0 Å². The molecule has 0 radical (unpaired) electrons. The van der Waals surface area contributed by atoms with Crippen molar-refractivity contribution in [2.75, 3.05) is 5.32 Å². The van der Waals surface area contributed by atoms with Crippen LogP contribution in [0.4, 0.5) is 5.69 Å². The van der Waals surface area contributed by atoms with Crippen LogP contribution in [0.3, 0.4) is 0 Å². The summed E-state index contributed by atoms with van der Waals surface area (Å²) in [5, 5.41) is 14.5. The zero-order valence-electron chi connectivity index (χ0n) is 12.6. The number of rotatable bonds is 6. The third-order valence-electron chi connectivity index (χ3n) is 3.45. The van der Waals surface area contributed by atoms with E-state index in [1.165, 1.54) is 4.88 Å². The summed E-state index contributed by atoms with van der Waals surface area (Å²) >= 11 is 11.3. The number of halogens is 2. The number of nitrogens with one attached hydrogen (secondary N) is 1. The van der Waals surface area contributed by atoms with Crippen molar-refractivity contribution in [1.82, 2.24) is 4.98 Å². The lowest BCUT2D eigenvalue weighted by Crippen LogP contribution is -2.21. The molecule has 0 aliphatic heterocycles. The van der Waals surface area contributed by atoms with Gasteiger partial charge in [0.15, 0.2) is 5.58 Å². The smallest absolute Gasteiger partial charge is 0.177 e. The van der Waals surface area contributed by atoms with Gasteiger partial charge in [0, 0.05) is 30.0 Å². The Balaban J connectivity index is 1.92. The van der Waals surface area contributed by atoms with Crippen LogP contribution in [0.5, 0.6) is 0 Å². The molecule has 1 atom stereocenters. The number of nitrogens with two attached hydrogens (primary N) is 1. The maximum absolute atomic E-state index is 8.75. The van der Waals surface area contributed by atoms with Crippen molar-refractivity contribution in [3.05, 3.63) is 43.8 Å². The van der Waals surface area contributed by atoms with Gasteiger partial charge in [-0.2, -0.15) is 5.26 Å². The van der Waals surface area contributed by atoms with E-state index in [1.54, 1.807) is 17.4 Å². The first-order valence-electron chi connectivity index (χ1n) is 7.24. The minimum Gasteiger partial charge on any atom is -0.456 e. The fraction of sp³-hybridized carbons (Fsp3) is 0.250. The van der Waals surface area contributed by atoms with Gasteiger partial charge in [-0.25, -0.2) is 4.98 Å². The zero-order valence-corrected chi connectivity index (χ0v) is 15.7. The highest BCUT2D eigenvalue weighted by molar-refractivity contribution is 9.10. The molecule has 0 bridgehead atoms. The zero-order chi connectivity index (χ0) is 17.1. The maximum atomic E-state index is 8.75. The molecule has 3 aromatic rings. The fourth-order valence-electron chi connectivity index (χ4n) is 2.34. The van der Waals surface area contributed by atoms with E-state index in [0.717, 1.165) is 10.2 Å². The molecule has 0 aromatic carbocycles. The van der Waals surface area contributed by atoms with Crippen LogP contribution in [0.25, 0.3) is 11.1 Å². The van der Waals surface area contributed by atoms with Gasteiger partial charge in [-0.1, -0.05) is 17.7 Å². The Labute approximate surface area is 156 Å². The van der Waals surface area contributed by atoms with Crippen LogP contribution in [0, 0.1) is 11.3 Å². The lowest BCUT2D eigenvalue weighted by molar-refractivity contribution is 0.514. The molecule has 3 heterocycles. The molecule has 0 unspecified atom stereocenters. The summed E-state index contributed by atoms with van der Waals surface area (Å²) in [6, 6.07) is 7.59. The maximum Gasteiger partial charge on any atom is 0.177 e. The number of nitriles is 1. The first-order valence-corrected chi connectivity index (χ1v) is 9.29. The predicted molar refractivity (Wildman–Crippen MR) is 100 cm³/mol. The third-order valence-corrected chi connectivity index (χ3v) is 5.34. The number of thiophene rings is 1. The molecular formula is C16H14BrClN4OS. The molecule has 0 saturated carbocycles. The van der Waals surface area contributed by atoms with Crippen LogP contribution in [-0.4, -0.2) is 11.0 Å². The van der Waals surface area contributed by atoms with Gasteiger partial charge in [-0.15, -0.1) is 11.3 Å². The van der Waals surface area contributed by atoms with Gasteiger partial charge in [0.1, 0.15) is 16.4 Å². The Morgan fingerprint density at radius 2 is 2.38 bits per heavy atom. The Kier molecular flexibility index (Phi) is 5.41. The van der Waals surface area contributed by atoms with Crippen LogP contribution in [0.15, 0.2) is 32.5 Å². The molecule has 0 spiro atoms. The summed E-state index contributed by atoms with van der Waals surface area (Å²) in [5.41, 5.74) is 7.99. The van der Waals surface area contributed by atoms with Gasteiger partial charge in [-0.05, 0) is 27.4 Å². The monoisotopic (exact) mass is 424 g/mol. The highest BCUT2D eigenvalue weighted by Gasteiger charge is 2.19. The molecule has 0 amide bonds. The molecule has 3 rings (SSSR count). The standard InChI is InChI=1S/C16H14BrClN4OS/c17-14-12(6-9(20)3-4-19)23-16-11(7-13(18)22-15(14)16)21-8-10-2-1-5-24-10/h1-2,5,7,9H,3,6,8,20H2,(H,21,22)/t9-/m0/s1. The van der Waals surface area contributed by atoms with Crippen molar-refractivity contribution < 1.29 is 4.42 Å². The number of aromatic nitrogens is 1.